The summed E-state index contributed by atoms with van der Waals surface area (Å²) < 4.78 is 5.25. The van der Waals surface area contributed by atoms with Crippen LogP contribution >= 0.6 is 0 Å². The van der Waals surface area contributed by atoms with Crippen molar-refractivity contribution in [2.45, 2.75) is 33.2 Å². The van der Waals surface area contributed by atoms with Gasteiger partial charge in [0.2, 0.25) is 5.91 Å². The Bertz CT molecular complexity index is 227. The third kappa shape index (κ3) is 8.44. The first kappa shape index (κ1) is 15.1. The van der Waals surface area contributed by atoms with E-state index in [1.165, 1.54) is 0 Å². The largest absolute Gasteiger partial charge is 0.375 e. The molecule has 1 unspecified atom stereocenters. The predicted octanol–water partition coefficient (Wildman–Crippen LogP) is 1.07. The summed E-state index contributed by atoms with van der Waals surface area (Å²) in [5.41, 5.74) is 6.76. The van der Waals surface area contributed by atoms with Gasteiger partial charge in [-0.05, 0) is 12.8 Å². The summed E-state index contributed by atoms with van der Waals surface area (Å²) in [7, 11) is 0. The molecule has 4 nitrogen and oxygen atoms in total. The van der Waals surface area contributed by atoms with Crippen molar-refractivity contribution < 1.29 is 9.53 Å². The maximum absolute atomic E-state index is 11.4. The number of amides is 1. The number of carbonyl (C=O) groups excluding carboxylic acids is 1. The second kappa shape index (κ2) is 8.30. The summed E-state index contributed by atoms with van der Waals surface area (Å²) >= 11 is 0. The second-order valence-corrected chi connectivity index (χ2v) is 4.47. The Hall–Kier alpha value is -0.870. The van der Waals surface area contributed by atoms with Gasteiger partial charge in [-0.1, -0.05) is 26.0 Å². The van der Waals surface area contributed by atoms with E-state index >= 15 is 0 Å². The van der Waals surface area contributed by atoms with Crippen LogP contribution in [0.1, 0.15) is 27.2 Å². The number of hydrogen-bond donors (Lipinski definition) is 2. The van der Waals surface area contributed by atoms with Crippen LogP contribution in [0.4, 0.5) is 0 Å². The molecule has 0 aromatic carbocycles. The van der Waals surface area contributed by atoms with Gasteiger partial charge in [-0.25, -0.2) is 0 Å². The fraction of sp³-hybridized carbons (Fsp3) is 0.750. The number of carbonyl (C=O) groups is 1. The highest BCUT2D eigenvalue weighted by atomic mass is 16.5. The van der Waals surface area contributed by atoms with Crippen molar-refractivity contribution in [3.05, 3.63) is 12.2 Å². The lowest BCUT2D eigenvalue weighted by atomic mass is 10.0. The average Bonchev–Trinajstić information content (AvgIpc) is 2.16. The Balaban J connectivity index is 3.47. The summed E-state index contributed by atoms with van der Waals surface area (Å²) in [6.45, 7) is 11.2. The normalized spacial score (nSPS) is 12.6. The molecule has 16 heavy (non-hydrogen) atoms. The zero-order valence-electron chi connectivity index (χ0n) is 10.6. The van der Waals surface area contributed by atoms with E-state index in [2.05, 4.69) is 11.9 Å². The molecule has 0 aliphatic carbocycles. The number of rotatable bonds is 8. The molecule has 0 saturated heterocycles. The molecule has 0 spiro atoms. The molecular formula is C12H24N2O2. The Labute approximate surface area is 98.2 Å². The topological polar surface area (TPSA) is 64.3 Å². The maximum Gasteiger partial charge on any atom is 0.221 e. The van der Waals surface area contributed by atoms with Crippen molar-refractivity contribution in [3.63, 3.8) is 0 Å². The molecule has 0 bridgehead atoms. The van der Waals surface area contributed by atoms with E-state index in [4.69, 9.17) is 10.5 Å². The van der Waals surface area contributed by atoms with Gasteiger partial charge in [-0.15, -0.1) is 0 Å². The molecule has 94 valence electrons. The molecule has 3 N–H and O–H groups in total. The van der Waals surface area contributed by atoms with E-state index < -0.39 is 0 Å². The second-order valence-electron chi connectivity index (χ2n) is 4.47. The fourth-order valence-electron chi connectivity index (χ4n) is 1.03. The molecule has 0 aliphatic heterocycles. The zero-order chi connectivity index (χ0) is 12.6. The van der Waals surface area contributed by atoms with Crippen molar-refractivity contribution in [1.29, 1.82) is 0 Å². The molecule has 0 aromatic rings. The van der Waals surface area contributed by atoms with Crippen LogP contribution in [0.25, 0.3) is 0 Å². The maximum atomic E-state index is 11.4. The zero-order valence-corrected chi connectivity index (χ0v) is 10.6. The Kier molecular flexibility index (Phi) is 7.85. The molecule has 0 radical (unpaired) electrons. The van der Waals surface area contributed by atoms with Crippen LogP contribution in [0.2, 0.25) is 0 Å². The minimum atomic E-state index is -0.0728. The summed E-state index contributed by atoms with van der Waals surface area (Å²) in [6.07, 6.45) is 0.373. The molecule has 0 heterocycles. The lowest BCUT2D eigenvalue weighted by Crippen LogP contribution is -2.36. The van der Waals surface area contributed by atoms with Gasteiger partial charge >= 0.3 is 0 Å². The standard InChI is InChI=1S/C12H24N2O2/c1-9(2)8-16-6-5-14-12(15)7-11(13)10(3)4/h10-11H,1,5-8,13H2,2-4H3,(H,14,15). The van der Waals surface area contributed by atoms with Gasteiger partial charge in [0.1, 0.15) is 0 Å². The van der Waals surface area contributed by atoms with Crippen LogP contribution in [-0.4, -0.2) is 31.7 Å². The highest BCUT2D eigenvalue weighted by Gasteiger charge is 2.12. The molecule has 0 saturated carbocycles. The fourth-order valence-corrected chi connectivity index (χ4v) is 1.03. The summed E-state index contributed by atoms with van der Waals surface area (Å²) in [6, 6.07) is -0.0728. The molecule has 0 aromatic heterocycles. The van der Waals surface area contributed by atoms with Crippen molar-refractivity contribution >= 4 is 5.91 Å². The number of ether oxygens (including phenoxy) is 1. The first-order chi connectivity index (χ1) is 7.43. The summed E-state index contributed by atoms with van der Waals surface area (Å²) in [4.78, 5) is 11.4. The van der Waals surface area contributed by atoms with E-state index in [1.807, 2.05) is 20.8 Å². The highest BCUT2D eigenvalue weighted by Crippen LogP contribution is 2.01. The average molecular weight is 228 g/mol. The molecule has 1 amide bonds. The Morgan fingerprint density at radius 2 is 2.12 bits per heavy atom. The van der Waals surface area contributed by atoms with Gasteiger partial charge in [0.25, 0.3) is 0 Å². The van der Waals surface area contributed by atoms with E-state index in [9.17, 15) is 4.79 Å². The molecule has 4 heteroatoms. The van der Waals surface area contributed by atoms with E-state index in [0.29, 0.717) is 32.1 Å². The number of nitrogens with two attached hydrogens (primary N) is 1. The van der Waals surface area contributed by atoms with Crippen molar-refractivity contribution in [3.8, 4) is 0 Å². The van der Waals surface area contributed by atoms with Crippen LogP contribution < -0.4 is 11.1 Å². The van der Waals surface area contributed by atoms with E-state index in [0.717, 1.165) is 5.57 Å². The number of hydrogen-bond acceptors (Lipinski definition) is 3. The van der Waals surface area contributed by atoms with Crippen molar-refractivity contribution in [2.24, 2.45) is 11.7 Å². The van der Waals surface area contributed by atoms with Crippen molar-refractivity contribution in [1.82, 2.24) is 5.32 Å². The highest BCUT2D eigenvalue weighted by molar-refractivity contribution is 5.76. The van der Waals surface area contributed by atoms with Crippen LogP contribution in [-0.2, 0) is 9.53 Å². The van der Waals surface area contributed by atoms with E-state index in [-0.39, 0.29) is 11.9 Å². The van der Waals surface area contributed by atoms with Gasteiger partial charge < -0.3 is 15.8 Å². The minimum Gasteiger partial charge on any atom is -0.375 e. The Morgan fingerprint density at radius 3 is 2.62 bits per heavy atom. The van der Waals surface area contributed by atoms with Crippen LogP contribution in [0.5, 0.6) is 0 Å². The first-order valence-corrected chi connectivity index (χ1v) is 5.68. The molecule has 0 rings (SSSR count). The molecular weight excluding hydrogens is 204 g/mol. The Morgan fingerprint density at radius 1 is 1.50 bits per heavy atom. The van der Waals surface area contributed by atoms with Crippen LogP contribution in [0.3, 0.4) is 0 Å². The predicted molar refractivity (Wildman–Crippen MR) is 66.1 cm³/mol. The molecule has 0 fully saturated rings. The van der Waals surface area contributed by atoms with E-state index in [1.54, 1.807) is 0 Å². The van der Waals surface area contributed by atoms with Crippen molar-refractivity contribution in [2.75, 3.05) is 19.8 Å². The van der Waals surface area contributed by atoms with Gasteiger partial charge in [-0.2, -0.15) is 0 Å². The SMILES string of the molecule is C=C(C)COCCNC(=O)CC(N)C(C)C. The van der Waals surface area contributed by atoms with Gasteiger partial charge in [0, 0.05) is 19.0 Å². The van der Waals surface area contributed by atoms with Crippen LogP contribution in [0.15, 0.2) is 12.2 Å². The molecule has 1 atom stereocenters. The summed E-state index contributed by atoms with van der Waals surface area (Å²) in [5, 5.41) is 2.77. The smallest absolute Gasteiger partial charge is 0.221 e. The minimum absolute atomic E-state index is 0.0138. The monoisotopic (exact) mass is 228 g/mol. The quantitative estimate of drug-likeness (QED) is 0.482. The lowest BCUT2D eigenvalue weighted by Gasteiger charge is -2.14. The van der Waals surface area contributed by atoms with Gasteiger partial charge in [0.15, 0.2) is 0 Å². The van der Waals surface area contributed by atoms with Gasteiger partial charge in [-0.3, -0.25) is 4.79 Å². The van der Waals surface area contributed by atoms with Crippen LogP contribution in [0, 0.1) is 5.92 Å². The third-order valence-corrected chi connectivity index (χ3v) is 2.19. The number of nitrogens with one attached hydrogen (secondary N) is 1. The summed E-state index contributed by atoms with van der Waals surface area (Å²) in [5.74, 6) is 0.311. The first-order valence-electron chi connectivity index (χ1n) is 5.68. The van der Waals surface area contributed by atoms with Gasteiger partial charge in [0.05, 0.1) is 13.2 Å². The molecule has 0 aliphatic rings. The lowest BCUT2D eigenvalue weighted by molar-refractivity contribution is -0.121. The third-order valence-electron chi connectivity index (χ3n) is 2.19.